The highest BCUT2D eigenvalue weighted by Gasteiger charge is 2.21. The van der Waals surface area contributed by atoms with Crippen molar-refractivity contribution in [1.29, 1.82) is 0 Å². The monoisotopic (exact) mass is 335 g/mol. The summed E-state index contributed by atoms with van der Waals surface area (Å²) in [5, 5.41) is 2.71. The van der Waals surface area contributed by atoms with Crippen LogP contribution in [0.2, 0.25) is 0 Å². The molecular weight excluding hydrogens is 314 g/mol. The predicted molar refractivity (Wildman–Crippen MR) is 99.3 cm³/mol. The molecule has 0 saturated heterocycles. The summed E-state index contributed by atoms with van der Waals surface area (Å²) < 4.78 is 0. The third-order valence-corrected chi connectivity index (χ3v) is 3.67. The first-order chi connectivity index (χ1) is 11.9. The molecule has 0 spiro atoms. The molecule has 0 aromatic heterocycles. The molecule has 0 aliphatic carbocycles. The van der Waals surface area contributed by atoms with Crippen LogP contribution in [-0.2, 0) is 9.59 Å². The Balaban J connectivity index is 2.33. The van der Waals surface area contributed by atoms with Crippen LogP contribution in [0.3, 0.4) is 0 Å². The van der Waals surface area contributed by atoms with Crippen LogP contribution in [0.1, 0.15) is 36.7 Å². The minimum Gasteiger partial charge on any atom is -0.322 e. The molecule has 0 radical (unpaired) electrons. The van der Waals surface area contributed by atoms with Crippen molar-refractivity contribution in [2.45, 2.75) is 20.8 Å². The molecule has 128 valence electrons. The highest BCUT2D eigenvalue weighted by Crippen LogP contribution is 2.16. The van der Waals surface area contributed by atoms with Gasteiger partial charge in [-0.3, -0.25) is 14.4 Å². The van der Waals surface area contributed by atoms with Crippen molar-refractivity contribution in [3.63, 3.8) is 0 Å². The average molecular weight is 335 g/mol. The number of benzene rings is 2. The van der Waals surface area contributed by atoms with Crippen LogP contribution in [0.25, 0.3) is 6.08 Å². The first kappa shape index (κ1) is 18.3. The maximum atomic E-state index is 12.7. The normalized spacial score (nSPS) is 11.3. The second-order valence-electron chi connectivity index (χ2n) is 6.08. The molecule has 2 aromatic carbocycles. The average Bonchev–Trinajstić information content (AvgIpc) is 2.60. The molecule has 0 fully saturated rings. The van der Waals surface area contributed by atoms with Gasteiger partial charge in [0.15, 0.2) is 11.6 Å². The molecule has 1 amide bonds. The van der Waals surface area contributed by atoms with E-state index in [0.29, 0.717) is 11.3 Å². The van der Waals surface area contributed by atoms with Gasteiger partial charge in [-0.2, -0.15) is 0 Å². The number of ketones is 2. The standard InChI is InChI=1S/C21H21NO3/c1-14(2)20(24)19(12-16-8-5-4-6-9-16)21(25)22-18-11-7-10-17(13-18)15(3)23/h4-14H,1-3H3,(H,22,25). The van der Waals surface area contributed by atoms with Gasteiger partial charge >= 0.3 is 0 Å². The van der Waals surface area contributed by atoms with E-state index >= 15 is 0 Å². The maximum Gasteiger partial charge on any atom is 0.259 e. The van der Waals surface area contributed by atoms with Crippen LogP contribution in [0.4, 0.5) is 5.69 Å². The number of Topliss-reactive ketones (excluding diaryl/α,β-unsaturated/α-hetero) is 2. The Hall–Kier alpha value is -3.01. The van der Waals surface area contributed by atoms with Crippen LogP contribution < -0.4 is 5.32 Å². The van der Waals surface area contributed by atoms with Gasteiger partial charge in [0, 0.05) is 17.2 Å². The van der Waals surface area contributed by atoms with Gasteiger partial charge in [0.1, 0.15) is 0 Å². The van der Waals surface area contributed by atoms with E-state index < -0.39 is 5.91 Å². The highest BCUT2D eigenvalue weighted by molar-refractivity contribution is 6.26. The maximum absolute atomic E-state index is 12.7. The number of carbonyl (C=O) groups is 3. The van der Waals surface area contributed by atoms with E-state index in [1.165, 1.54) is 6.92 Å². The van der Waals surface area contributed by atoms with Crippen molar-refractivity contribution in [1.82, 2.24) is 0 Å². The van der Waals surface area contributed by atoms with E-state index in [1.54, 1.807) is 44.2 Å². The predicted octanol–water partition coefficient (Wildman–Crippen LogP) is 4.14. The molecule has 0 aliphatic heterocycles. The molecule has 0 heterocycles. The second kappa shape index (κ2) is 8.20. The van der Waals surface area contributed by atoms with Crippen molar-refractivity contribution >= 4 is 29.2 Å². The largest absolute Gasteiger partial charge is 0.322 e. The van der Waals surface area contributed by atoms with E-state index in [2.05, 4.69) is 5.32 Å². The Labute approximate surface area is 147 Å². The van der Waals surface area contributed by atoms with Gasteiger partial charge in [-0.05, 0) is 30.7 Å². The van der Waals surface area contributed by atoms with Gasteiger partial charge in [-0.1, -0.05) is 56.3 Å². The Bertz CT molecular complexity index is 820. The van der Waals surface area contributed by atoms with Gasteiger partial charge in [0.25, 0.3) is 5.91 Å². The zero-order valence-electron chi connectivity index (χ0n) is 14.6. The molecule has 4 nitrogen and oxygen atoms in total. The zero-order valence-corrected chi connectivity index (χ0v) is 14.6. The lowest BCUT2D eigenvalue weighted by molar-refractivity contribution is -0.121. The van der Waals surface area contributed by atoms with Gasteiger partial charge in [-0.25, -0.2) is 0 Å². The summed E-state index contributed by atoms with van der Waals surface area (Å²) in [6.07, 6.45) is 1.59. The summed E-state index contributed by atoms with van der Waals surface area (Å²) in [5.41, 5.74) is 1.85. The Morgan fingerprint density at radius 2 is 1.64 bits per heavy atom. The van der Waals surface area contributed by atoms with E-state index in [0.717, 1.165) is 5.56 Å². The fourth-order valence-corrected chi connectivity index (χ4v) is 2.29. The molecule has 0 bridgehead atoms. The number of carbonyl (C=O) groups excluding carboxylic acids is 3. The summed E-state index contributed by atoms with van der Waals surface area (Å²) in [7, 11) is 0. The van der Waals surface area contributed by atoms with E-state index in [4.69, 9.17) is 0 Å². The molecule has 2 rings (SSSR count). The molecule has 4 heteroatoms. The number of amides is 1. The van der Waals surface area contributed by atoms with Gasteiger partial charge < -0.3 is 5.32 Å². The lowest BCUT2D eigenvalue weighted by Crippen LogP contribution is -2.23. The second-order valence-corrected chi connectivity index (χ2v) is 6.08. The molecule has 0 atom stereocenters. The van der Waals surface area contributed by atoms with Crippen molar-refractivity contribution in [3.05, 3.63) is 71.3 Å². The lowest BCUT2D eigenvalue weighted by Gasteiger charge is -2.11. The van der Waals surface area contributed by atoms with E-state index in [9.17, 15) is 14.4 Å². The third kappa shape index (κ3) is 4.98. The smallest absolute Gasteiger partial charge is 0.259 e. The molecule has 0 saturated carbocycles. The molecule has 25 heavy (non-hydrogen) atoms. The first-order valence-corrected chi connectivity index (χ1v) is 8.12. The quantitative estimate of drug-likeness (QED) is 0.373. The van der Waals surface area contributed by atoms with Crippen LogP contribution in [0.15, 0.2) is 60.2 Å². The summed E-state index contributed by atoms with van der Waals surface area (Å²) in [6, 6.07) is 15.9. The van der Waals surface area contributed by atoms with Crippen LogP contribution >= 0.6 is 0 Å². The number of anilines is 1. The topological polar surface area (TPSA) is 63.2 Å². The Morgan fingerprint density at radius 3 is 2.24 bits per heavy atom. The molecular formula is C21H21NO3. The number of hydrogen-bond acceptors (Lipinski definition) is 3. The molecule has 0 unspecified atom stereocenters. The first-order valence-electron chi connectivity index (χ1n) is 8.12. The Kier molecular flexibility index (Phi) is 6.01. The highest BCUT2D eigenvalue weighted by atomic mass is 16.2. The van der Waals surface area contributed by atoms with Gasteiger partial charge in [0.05, 0.1) is 5.57 Å². The van der Waals surface area contributed by atoms with E-state index in [-0.39, 0.29) is 23.1 Å². The third-order valence-electron chi connectivity index (χ3n) is 3.67. The number of hydrogen-bond donors (Lipinski definition) is 1. The molecule has 1 N–H and O–H groups in total. The fourth-order valence-electron chi connectivity index (χ4n) is 2.29. The minimum absolute atomic E-state index is 0.0885. The van der Waals surface area contributed by atoms with Crippen molar-refractivity contribution < 1.29 is 14.4 Å². The summed E-state index contributed by atoms with van der Waals surface area (Å²) in [5.74, 6) is -1.11. The van der Waals surface area contributed by atoms with Crippen molar-refractivity contribution in [3.8, 4) is 0 Å². The SMILES string of the molecule is CC(=O)c1cccc(NC(=O)C(=Cc2ccccc2)C(=O)C(C)C)c1. The minimum atomic E-state index is -0.483. The summed E-state index contributed by atoms with van der Waals surface area (Å²) in [6.45, 7) is 4.97. The van der Waals surface area contributed by atoms with E-state index in [1.807, 2.05) is 30.3 Å². The lowest BCUT2D eigenvalue weighted by atomic mass is 9.98. The zero-order chi connectivity index (χ0) is 18.4. The molecule has 0 aliphatic rings. The fraction of sp³-hybridized carbons (Fsp3) is 0.190. The van der Waals surface area contributed by atoms with Crippen LogP contribution in [0.5, 0.6) is 0 Å². The van der Waals surface area contributed by atoms with Gasteiger partial charge in [-0.15, -0.1) is 0 Å². The summed E-state index contributed by atoms with van der Waals surface area (Å²) in [4.78, 5) is 36.6. The van der Waals surface area contributed by atoms with Crippen LogP contribution in [-0.4, -0.2) is 17.5 Å². The van der Waals surface area contributed by atoms with Crippen molar-refractivity contribution in [2.75, 3.05) is 5.32 Å². The Morgan fingerprint density at radius 1 is 0.960 bits per heavy atom. The number of rotatable bonds is 6. The van der Waals surface area contributed by atoms with Crippen LogP contribution in [0, 0.1) is 5.92 Å². The number of nitrogens with one attached hydrogen (secondary N) is 1. The van der Waals surface area contributed by atoms with Gasteiger partial charge in [0.2, 0.25) is 0 Å². The van der Waals surface area contributed by atoms with Crippen molar-refractivity contribution in [2.24, 2.45) is 5.92 Å². The molecule has 2 aromatic rings. The summed E-state index contributed by atoms with van der Waals surface area (Å²) >= 11 is 0.